The van der Waals surface area contributed by atoms with Crippen molar-refractivity contribution in [2.45, 2.75) is 45.1 Å². The third-order valence-electron chi connectivity index (χ3n) is 3.33. The highest BCUT2D eigenvalue weighted by Gasteiger charge is 2.19. The van der Waals surface area contributed by atoms with Crippen LogP contribution in [0.25, 0.3) is 0 Å². The molecule has 0 atom stereocenters. The lowest BCUT2D eigenvalue weighted by atomic mass is 9.89. The Kier molecular flexibility index (Phi) is 3.33. The van der Waals surface area contributed by atoms with E-state index in [0.717, 1.165) is 31.9 Å². The van der Waals surface area contributed by atoms with E-state index in [0.29, 0.717) is 6.04 Å². The molecular weight excluding hydrogens is 212 g/mol. The van der Waals surface area contributed by atoms with Crippen LogP contribution in [0.3, 0.4) is 0 Å². The predicted molar refractivity (Wildman–Crippen MR) is 70.2 cm³/mol. The molecule has 1 aliphatic heterocycles. The minimum Gasteiger partial charge on any atom is -0.341 e. The number of aromatic nitrogens is 2. The number of hydrogen-bond donors (Lipinski definition) is 1. The summed E-state index contributed by atoms with van der Waals surface area (Å²) >= 11 is 0. The van der Waals surface area contributed by atoms with E-state index in [4.69, 9.17) is 5.73 Å². The third kappa shape index (κ3) is 2.94. The molecule has 1 fully saturated rings. The fourth-order valence-corrected chi connectivity index (χ4v) is 1.97. The molecule has 1 saturated heterocycles. The van der Waals surface area contributed by atoms with Gasteiger partial charge in [0.2, 0.25) is 5.95 Å². The zero-order chi connectivity index (χ0) is 12.5. The first-order chi connectivity index (χ1) is 7.97. The van der Waals surface area contributed by atoms with Crippen molar-refractivity contribution in [3.63, 3.8) is 0 Å². The van der Waals surface area contributed by atoms with Gasteiger partial charge in [0.05, 0.1) is 0 Å². The average Bonchev–Trinajstić information content (AvgIpc) is 2.29. The van der Waals surface area contributed by atoms with E-state index >= 15 is 0 Å². The molecule has 2 N–H and O–H groups in total. The maximum atomic E-state index is 5.89. The smallest absolute Gasteiger partial charge is 0.225 e. The molecule has 0 aliphatic carbocycles. The number of nitrogens with zero attached hydrogens (tertiary/aromatic N) is 3. The van der Waals surface area contributed by atoms with E-state index in [1.165, 1.54) is 5.56 Å². The zero-order valence-electron chi connectivity index (χ0n) is 11.0. The molecule has 2 rings (SSSR count). The molecule has 0 aromatic carbocycles. The number of piperidine rings is 1. The van der Waals surface area contributed by atoms with Gasteiger partial charge in [-0.15, -0.1) is 0 Å². The molecule has 2 heterocycles. The molecule has 0 bridgehead atoms. The van der Waals surface area contributed by atoms with Crippen LogP contribution in [0.5, 0.6) is 0 Å². The van der Waals surface area contributed by atoms with Gasteiger partial charge in [0, 0.05) is 31.5 Å². The molecule has 1 aliphatic rings. The number of anilines is 1. The Morgan fingerprint density at radius 3 is 2.18 bits per heavy atom. The van der Waals surface area contributed by atoms with Crippen molar-refractivity contribution in [2.75, 3.05) is 18.0 Å². The van der Waals surface area contributed by atoms with Crippen LogP contribution in [0.4, 0.5) is 5.95 Å². The van der Waals surface area contributed by atoms with Crippen molar-refractivity contribution in [1.82, 2.24) is 9.97 Å². The highest BCUT2D eigenvalue weighted by atomic mass is 15.2. The van der Waals surface area contributed by atoms with Crippen LogP contribution in [-0.2, 0) is 5.41 Å². The molecule has 0 unspecified atom stereocenters. The van der Waals surface area contributed by atoms with Gasteiger partial charge in [-0.05, 0) is 23.8 Å². The Balaban J connectivity index is 2.08. The normalized spacial score (nSPS) is 18.5. The third-order valence-corrected chi connectivity index (χ3v) is 3.33. The highest BCUT2D eigenvalue weighted by molar-refractivity contribution is 5.32. The van der Waals surface area contributed by atoms with Gasteiger partial charge >= 0.3 is 0 Å². The summed E-state index contributed by atoms with van der Waals surface area (Å²) in [7, 11) is 0. The molecule has 4 nitrogen and oxygen atoms in total. The van der Waals surface area contributed by atoms with Crippen molar-refractivity contribution in [2.24, 2.45) is 5.73 Å². The lowest BCUT2D eigenvalue weighted by Gasteiger charge is -2.30. The Bertz CT molecular complexity index is 358. The number of nitrogens with two attached hydrogens (primary N) is 1. The summed E-state index contributed by atoms with van der Waals surface area (Å²) in [6, 6.07) is 0.347. The minimum absolute atomic E-state index is 0.114. The van der Waals surface area contributed by atoms with E-state index in [2.05, 4.69) is 35.6 Å². The van der Waals surface area contributed by atoms with E-state index in [9.17, 15) is 0 Å². The van der Waals surface area contributed by atoms with Crippen molar-refractivity contribution in [1.29, 1.82) is 0 Å². The molecule has 0 radical (unpaired) electrons. The van der Waals surface area contributed by atoms with Crippen LogP contribution in [0, 0.1) is 0 Å². The second-order valence-corrected chi connectivity index (χ2v) is 5.85. The van der Waals surface area contributed by atoms with Gasteiger partial charge in [0.1, 0.15) is 0 Å². The average molecular weight is 234 g/mol. The van der Waals surface area contributed by atoms with Crippen LogP contribution < -0.4 is 10.6 Å². The van der Waals surface area contributed by atoms with Gasteiger partial charge in [-0.25, -0.2) is 9.97 Å². The van der Waals surface area contributed by atoms with Gasteiger partial charge in [0.25, 0.3) is 0 Å². The quantitative estimate of drug-likeness (QED) is 0.803. The van der Waals surface area contributed by atoms with Crippen LogP contribution in [0.15, 0.2) is 12.4 Å². The number of hydrogen-bond acceptors (Lipinski definition) is 4. The van der Waals surface area contributed by atoms with Crippen molar-refractivity contribution in [3.05, 3.63) is 18.0 Å². The molecule has 4 heteroatoms. The maximum absolute atomic E-state index is 5.89. The van der Waals surface area contributed by atoms with E-state index in [1.54, 1.807) is 0 Å². The first kappa shape index (κ1) is 12.3. The van der Waals surface area contributed by atoms with Crippen LogP contribution >= 0.6 is 0 Å². The lowest BCUT2D eigenvalue weighted by Crippen LogP contribution is -2.40. The van der Waals surface area contributed by atoms with E-state index < -0.39 is 0 Å². The van der Waals surface area contributed by atoms with Gasteiger partial charge in [-0.3, -0.25) is 0 Å². The molecule has 0 spiro atoms. The molecule has 1 aromatic heterocycles. The monoisotopic (exact) mass is 234 g/mol. The number of rotatable bonds is 1. The Labute approximate surface area is 103 Å². The standard InChI is InChI=1S/C13H22N4/c1-13(2,3)10-8-15-12(16-9-10)17-6-4-11(14)5-7-17/h8-9,11H,4-7,14H2,1-3H3. The SMILES string of the molecule is CC(C)(C)c1cnc(N2CCC(N)CC2)nc1. The molecular formula is C13H22N4. The largest absolute Gasteiger partial charge is 0.341 e. The highest BCUT2D eigenvalue weighted by Crippen LogP contribution is 2.22. The summed E-state index contributed by atoms with van der Waals surface area (Å²) in [6.07, 6.45) is 5.95. The summed E-state index contributed by atoms with van der Waals surface area (Å²) < 4.78 is 0. The van der Waals surface area contributed by atoms with Crippen LogP contribution in [0.2, 0.25) is 0 Å². The van der Waals surface area contributed by atoms with Gasteiger partial charge in [-0.1, -0.05) is 20.8 Å². The molecule has 17 heavy (non-hydrogen) atoms. The van der Waals surface area contributed by atoms with Crippen LogP contribution in [-0.4, -0.2) is 29.1 Å². The predicted octanol–water partition coefficient (Wildman–Crippen LogP) is 1.70. The van der Waals surface area contributed by atoms with Crippen molar-refractivity contribution in [3.8, 4) is 0 Å². The van der Waals surface area contributed by atoms with Gasteiger partial charge < -0.3 is 10.6 Å². The second-order valence-electron chi connectivity index (χ2n) is 5.85. The van der Waals surface area contributed by atoms with Crippen molar-refractivity contribution < 1.29 is 0 Å². The van der Waals surface area contributed by atoms with E-state index in [1.807, 2.05) is 12.4 Å². The summed E-state index contributed by atoms with van der Waals surface area (Å²) in [6.45, 7) is 8.45. The Morgan fingerprint density at radius 1 is 1.18 bits per heavy atom. The Morgan fingerprint density at radius 2 is 1.71 bits per heavy atom. The zero-order valence-corrected chi connectivity index (χ0v) is 11.0. The molecule has 94 valence electrons. The topological polar surface area (TPSA) is 55.0 Å². The van der Waals surface area contributed by atoms with Crippen molar-refractivity contribution >= 4 is 5.95 Å². The Hall–Kier alpha value is -1.16. The minimum atomic E-state index is 0.114. The molecule has 1 aromatic rings. The van der Waals surface area contributed by atoms with Gasteiger partial charge in [-0.2, -0.15) is 0 Å². The van der Waals surface area contributed by atoms with Crippen LogP contribution in [0.1, 0.15) is 39.2 Å². The fourth-order valence-electron chi connectivity index (χ4n) is 1.97. The first-order valence-corrected chi connectivity index (χ1v) is 6.30. The summed E-state index contributed by atoms with van der Waals surface area (Å²) in [4.78, 5) is 11.2. The summed E-state index contributed by atoms with van der Waals surface area (Å²) in [5.74, 6) is 0.838. The first-order valence-electron chi connectivity index (χ1n) is 6.30. The molecule has 0 amide bonds. The second kappa shape index (κ2) is 4.61. The fraction of sp³-hybridized carbons (Fsp3) is 0.692. The van der Waals surface area contributed by atoms with E-state index in [-0.39, 0.29) is 5.41 Å². The summed E-state index contributed by atoms with van der Waals surface area (Å²) in [5, 5.41) is 0. The van der Waals surface area contributed by atoms with Gasteiger partial charge in [0.15, 0.2) is 0 Å². The maximum Gasteiger partial charge on any atom is 0.225 e. The molecule has 0 saturated carbocycles. The summed E-state index contributed by atoms with van der Waals surface area (Å²) in [5.41, 5.74) is 7.18. The lowest BCUT2D eigenvalue weighted by molar-refractivity contribution is 0.494.